The van der Waals surface area contributed by atoms with Crippen LogP contribution in [0.5, 0.6) is 0 Å². The highest BCUT2D eigenvalue weighted by molar-refractivity contribution is 9.10. The number of carbonyl (C=O) groups excluding carboxylic acids is 1. The van der Waals surface area contributed by atoms with Gasteiger partial charge in [0.15, 0.2) is 5.82 Å². The van der Waals surface area contributed by atoms with E-state index in [1.807, 2.05) is 6.07 Å². The van der Waals surface area contributed by atoms with E-state index in [0.29, 0.717) is 29.6 Å². The fraction of sp³-hybridized carbons (Fsp3) is 0.188. The van der Waals surface area contributed by atoms with Gasteiger partial charge in [-0.2, -0.15) is 0 Å². The molecule has 2 aromatic rings. The molecule has 1 aliphatic heterocycles. The van der Waals surface area contributed by atoms with Gasteiger partial charge in [-0.1, -0.05) is 11.6 Å². The van der Waals surface area contributed by atoms with E-state index >= 15 is 0 Å². The number of nitrogens with zero attached hydrogens (tertiary/aromatic N) is 2. The molecule has 1 N–H and O–H groups in total. The number of rotatable bonds is 3. The van der Waals surface area contributed by atoms with Crippen molar-refractivity contribution in [1.29, 1.82) is 0 Å². The highest BCUT2D eigenvalue weighted by atomic mass is 79.9. The summed E-state index contributed by atoms with van der Waals surface area (Å²) in [6, 6.07) is 7.24. The Bertz CT molecular complexity index is 808. The van der Waals surface area contributed by atoms with Crippen LogP contribution in [0.3, 0.4) is 0 Å². The van der Waals surface area contributed by atoms with Crippen LogP contribution in [0.25, 0.3) is 0 Å². The first kappa shape index (κ1) is 16.0. The van der Waals surface area contributed by atoms with Crippen LogP contribution >= 0.6 is 27.5 Å². The molecule has 5 nitrogen and oxygen atoms in total. The minimum atomic E-state index is -0.497. The molecular weight excluding hydrogens is 382 g/mol. The van der Waals surface area contributed by atoms with Crippen LogP contribution in [-0.4, -0.2) is 23.4 Å². The van der Waals surface area contributed by atoms with Gasteiger partial charge in [0.25, 0.3) is 0 Å². The topological polar surface area (TPSA) is 63.6 Å². The maximum absolute atomic E-state index is 11.5. The predicted octanol–water partition coefficient (Wildman–Crippen LogP) is 4.74. The summed E-state index contributed by atoms with van der Waals surface area (Å²) in [5.74, 6) is 0.697. The first-order valence-electron chi connectivity index (χ1n) is 7.02. The summed E-state index contributed by atoms with van der Waals surface area (Å²) in [6.07, 6.45) is 1.86. The molecule has 1 aliphatic rings. The molecule has 7 heteroatoms. The molecular formula is C16H13BrClN3O2. The summed E-state index contributed by atoms with van der Waals surface area (Å²) in [7, 11) is 0. The van der Waals surface area contributed by atoms with Crippen LogP contribution in [0.1, 0.15) is 18.1 Å². The van der Waals surface area contributed by atoms with E-state index in [4.69, 9.17) is 16.3 Å². The molecule has 2 heterocycles. The van der Waals surface area contributed by atoms with Crippen molar-refractivity contribution in [3.05, 3.63) is 51.1 Å². The number of amides is 1. The molecule has 1 aromatic heterocycles. The molecule has 1 amide bonds. The summed E-state index contributed by atoms with van der Waals surface area (Å²) in [5, 5.41) is 3.24. The third kappa shape index (κ3) is 3.54. The van der Waals surface area contributed by atoms with Gasteiger partial charge in [0.1, 0.15) is 0 Å². The first-order valence-corrected chi connectivity index (χ1v) is 8.19. The molecule has 0 radical (unpaired) electrons. The number of hydrogen-bond donors (Lipinski definition) is 1. The van der Waals surface area contributed by atoms with E-state index in [9.17, 15) is 4.79 Å². The van der Waals surface area contributed by atoms with Crippen molar-refractivity contribution in [2.45, 2.75) is 13.3 Å². The molecule has 0 saturated heterocycles. The zero-order chi connectivity index (χ0) is 16.4. The molecule has 1 aromatic carbocycles. The summed E-state index contributed by atoms with van der Waals surface area (Å²) in [5.41, 5.74) is 3.24. The zero-order valence-electron chi connectivity index (χ0n) is 12.3. The highest BCUT2D eigenvalue weighted by Gasteiger charge is 2.20. The second-order valence-electron chi connectivity index (χ2n) is 4.91. The van der Waals surface area contributed by atoms with E-state index in [1.54, 1.807) is 31.3 Å². The lowest BCUT2D eigenvalue weighted by molar-refractivity contribution is 0.168. The van der Waals surface area contributed by atoms with Crippen LogP contribution < -0.4 is 5.32 Å². The van der Waals surface area contributed by atoms with Crippen molar-refractivity contribution < 1.29 is 9.53 Å². The minimum Gasteiger partial charge on any atom is -0.450 e. The number of halogens is 2. The fourth-order valence-electron chi connectivity index (χ4n) is 2.32. The van der Waals surface area contributed by atoms with Crippen LogP contribution in [-0.2, 0) is 11.2 Å². The summed E-state index contributed by atoms with van der Waals surface area (Å²) >= 11 is 9.70. The molecule has 0 fully saturated rings. The average molecular weight is 395 g/mol. The van der Waals surface area contributed by atoms with Crippen molar-refractivity contribution in [2.75, 3.05) is 11.9 Å². The second kappa shape index (κ2) is 6.68. The highest BCUT2D eigenvalue weighted by Crippen LogP contribution is 2.32. The van der Waals surface area contributed by atoms with E-state index in [2.05, 4.69) is 31.2 Å². The van der Waals surface area contributed by atoms with Crippen molar-refractivity contribution in [3.8, 4) is 0 Å². The number of aliphatic imine (C=N–C) groups is 1. The van der Waals surface area contributed by atoms with Crippen LogP contribution in [0.2, 0.25) is 5.02 Å². The maximum atomic E-state index is 11.5. The van der Waals surface area contributed by atoms with Crippen LogP contribution in [0.4, 0.5) is 16.3 Å². The molecule has 0 bridgehead atoms. The third-order valence-electron chi connectivity index (χ3n) is 3.31. The zero-order valence-corrected chi connectivity index (χ0v) is 14.6. The monoisotopic (exact) mass is 393 g/mol. The Morgan fingerprint density at radius 3 is 3.04 bits per heavy atom. The Kier molecular flexibility index (Phi) is 4.63. The van der Waals surface area contributed by atoms with Crippen molar-refractivity contribution >= 4 is 50.8 Å². The van der Waals surface area contributed by atoms with Gasteiger partial charge in [0.2, 0.25) is 0 Å². The molecule has 118 valence electrons. The molecule has 3 rings (SSSR count). The number of anilines is 1. The Hall–Kier alpha value is -1.92. The lowest BCUT2D eigenvalue weighted by atomic mass is 10.0. The standard InChI is InChI=1S/C16H13BrClN3O2/c1-2-23-16(22)20-11-3-4-13(18)12(7-11)14-6-9-5-10(17)8-19-15(9)21-14/h3-5,7-8H,2,6H2,1H3,(H,20,22). The van der Waals surface area contributed by atoms with Gasteiger partial charge in [-0.3, -0.25) is 5.32 Å². The molecule has 0 spiro atoms. The van der Waals surface area contributed by atoms with Gasteiger partial charge < -0.3 is 4.74 Å². The van der Waals surface area contributed by atoms with Gasteiger partial charge in [0, 0.05) is 38.9 Å². The quantitative estimate of drug-likeness (QED) is 0.817. The summed E-state index contributed by atoms with van der Waals surface area (Å²) < 4.78 is 5.79. The Balaban J connectivity index is 1.88. The van der Waals surface area contributed by atoms with Crippen LogP contribution in [0.15, 0.2) is 39.9 Å². The number of aromatic nitrogens is 1. The lowest BCUT2D eigenvalue weighted by Gasteiger charge is -2.09. The van der Waals surface area contributed by atoms with Crippen molar-refractivity contribution in [1.82, 2.24) is 4.98 Å². The van der Waals surface area contributed by atoms with Gasteiger partial charge >= 0.3 is 6.09 Å². The van der Waals surface area contributed by atoms with Gasteiger partial charge in [0.05, 0.1) is 12.3 Å². The largest absolute Gasteiger partial charge is 0.450 e. The van der Waals surface area contributed by atoms with E-state index in [1.165, 1.54) is 0 Å². The number of hydrogen-bond acceptors (Lipinski definition) is 4. The summed E-state index contributed by atoms with van der Waals surface area (Å²) in [6.45, 7) is 2.07. The number of carbonyl (C=O) groups is 1. The number of nitrogens with one attached hydrogen (secondary N) is 1. The van der Waals surface area contributed by atoms with Gasteiger partial charge in [-0.25, -0.2) is 14.8 Å². The first-order chi connectivity index (χ1) is 11.1. The fourth-order valence-corrected chi connectivity index (χ4v) is 2.92. The van der Waals surface area contributed by atoms with E-state index in [0.717, 1.165) is 21.3 Å². The van der Waals surface area contributed by atoms with E-state index < -0.39 is 6.09 Å². The maximum Gasteiger partial charge on any atom is 0.411 e. The van der Waals surface area contributed by atoms with Crippen LogP contribution in [0, 0.1) is 0 Å². The van der Waals surface area contributed by atoms with E-state index in [-0.39, 0.29) is 0 Å². The number of fused-ring (bicyclic) bond motifs is 1. The summed E-state index contributed by atoms with van der Waals surface area (Å²) in [4.78, 5) is 20.4. The SMILES string of the molecule is CCOC(=O)Nc1ccc(Cl)c(C2=Nc3ncc(Br)cc3C2)c1. The lowest BCUT2D eigenvalue weighted by Crippen LogP contribution is -2.14. The molecule has 0 saturated carbocycles. The second-order valence-corrected chi connectivity index (χ2v) is 6.23. The number of benzene rings is 1. The Labute approximate surface area is 146 Å². The molecule has 0 atom stereocenters. The normalized spacial score (nSPS) is 12.6. The molecule has 0 aliphatic carbocycles. The Morgan fingerprint density at radius 2 is 2.26 bits per heavy atom. The number of pyridine rings is 1. The smallest absolute Gasteiger partial charge is 0.411 e. The van der Waals surface area contributed by atoms with Crippen molar-refractivity contribution in [3.63, 3.8) is 0 Å². The average Bonchev–Trinajstić information content (AvgIpc) is 2.92. The van der Waals surface area contributed by atoms with Crippen molar-refractivity contribution in [2.24, 2.45) is 4.99 Å². The molecule has 23 heavy (non-hydrogen) atoms. The number of ether oxygens (including phenoxy) is 1. The Morgan fingerprint density at radius 1 is 1.43 bits per heavy atom. The van der Waals surface area contributed by atoms with Gasteiger partial charge in [-0.05, 0) is 47.1 Å². The third-order valence-corrected chi connectivity index (χ3v) is 4.07. The minimum absolute atomic E-state index is 0.314. The molecule has 0 unspecified atom stereocenters. The van der Waals surface area contributed by atoms with Gasteiger partial charge in [-0.15, -0.1) is 0 Å². The predicted molar refractivity (Wildman–Crippen MR) is 93.9 cm³/mol.